The first-order chi connectivity index (χ1) is 13.2. The maximum absolute atomic E-state index is 5.97. The van der Waals surface area contributed by atoms with Crippen molar-refractivity contribution >= 4 is 17.0 Å². The van der Waals surface area contributed by atoms with Crippen LogP contribution in [0.4, 0.5) is 5.69 Å². The van der Waals surface area contributed by atoms with Gasteiger partial charge in [-0.3, -0.25) is 0 Å². The number of hydrogen-bond donors (Lipinski definition) is 0. The van der Waals surface area contributed by atoms with Crippen LogP contribution in [0.5, 0.6) is 5.75 Å². The Morgan fingerprint density at radius 3 is 2.85 bits per heavy atom. The molecule has 1 saturated carbocycles. The lowest BCUT2D eigenvalue weighted by Gasteiger charge is -2.25. The van der Waals surface area contributed by atoms with Crippen molar-refractivity contribution in [2.45, 2.75) is 31.9 Å². The number of aromatic nitrogens is 4. The van der Waals surface area contributed by atoms with Gasteiger partial charge >= 0.3 is 0 Å². The third kappa shape index (κ3) is 3.96. The molecule has 2 heterocycles. The number of para-hydroxylation sites is 2. The second kappa shape index (κ2) is 8.06. The van der Waals surface area contributed by atoms with Gasteiger partial charge in [0.05, 0.1) is 31.7 Å². The van der Waals surface area contributed by atoms with E-state index in [-0.39, 0.29) is 0 Å². The van der Waals surface area contributed by atoms with Gasteiger partial charge in [-0.2, -0.15) is 15.0 Å². The molecule has 0 amide bonds. The maximum Gasteiger partial charge on any atom is 0.190 e. The molecule has 0 N–H and O–H groups in total. The molecule has 0 atom stereocenters. The number of benzene rings is 1. The van der Waals surface area contributed by atoms with Gasteiger partial charge in [-0.25, -0.2) is 4.99 Å². The van der Waals surface area contributed by atoms with Crippen LogP contribution in [0.2, 0.25) is 0 Å². The van der Waals surface area contributed by atoms with Crippen LogP contribution in [0.15, 0.2) is 40.8 Å². The molecule has 0 aliphatic heterocycles. The van der Waals surface area contributed by atoms with Crippen molar-refractivity contribution in [3.05, 3.63) is 40.6 Å². The molecule has 142 valence electrons. The van der Waals surface area contributed by atoms with E-state index in [1.54, 1.807) is 29.4 Å². The van der Waals surface area contributed by atoms with Crippen molar-refractivity contribution in [1.29, 1.82) is 0 Å². The van der Waals surface area contributed by atoms with Crippen molar-refractivity contribution in [2.24, 2.45) is 12.0 Å². The number of aryl methyl sites for hydroxylation is 1. The van der Waals surface area contributed by atoms with E-state index < -0.39 is 0 Å². The van der Waals surface area contributed by atoms with Crippen molar-refractivity contribution < 1.29 is 9.47 Å². The number of nitrogens with zero attached hydrogens (tertiary/aromatic N) is 5. The quantitative estimate of drug-likeness (QED) is 0.627. The van der Waals surface area contributed by atoms with E-state index in [9.17, 15) is 0 Å². The van der Waals surface area contributed by atoms with Crippen LogP contribution in [0.25, 0.3) is 11.4 Å². The second-order valence-corrected chi connectivity index (χ2v) is 7.32. The zero-order chi connectivity index (χ0) is 18.6. The Bertz CT molecular complexity index is 970. The largest absolute Gasteiger partial charge is 0.494 e. The smallest absolute Gasteiger partial charge is 0.190 e. The average Bonchev–Trinajstić information content (AvgIpc) is 3.24. The van der Waals surface area contributed by atoms with Crippen molar-refractivity contribution in [3.63, 3.8) is 0 Å². The van der Waals surface area contributed by atoms with Crippen LogP contribution >= 0.6 is 11.3 Å². The number of thiazole rings is 1. The number of methoxy groups -OCH3 is 1. The molecule has 8 heteroatoms. The highest BCUT2D eigenvalue weighted by Gasteiger charge is 2.18. The van der Waals surface area contributed by atoms with Gasteiger partial charge in [0.1, 0.15) is 17.1 Å². The van der Waals surface area contributed by atoms with E-state index >= 15 is 0 Å². The number of rotatable bonds is 7. The summed E-state index contributed by atoms with van der Waals surface area (Å²) in [6.45, 7) is 1.38. The molecule has 0 saturated heterocycles. The van der Waals surface area contributed by atoms with Gasteiger partial charge in [-0.05, 0) is 31.4 Å². The Kier molecular flexibility index (Phi) is 5.35. The molecule has 0 spiro atoms. The fraction of sp³-hybridized carbons (Fsp3) is 0.421. The van der Waals surface area contributed by atoms with E-state index in [4.69, 9.17) is 14.5 Å². The highest BCUT2D eigenvalue weighted by atomic mass is 32.1. The van der Waals surface area contributed by atoms with Crippen molar-refractivity contribution in [3.8, 4) is 17.1 Å². The van der Waals surface area contributed by atoms with Gasteiger partial charge in [-0.1, -0.05) is 12.1 Å². The second-order valence-electron chi connectivity index (χ2n) is 6.48. The summed E-state index contributed by atoms with van der Waals surface area (Å²) in [4.78, 5) is 7.30. The first-order valence-electron chi connectivity index (χ1n) is 9.09. The van der Waals surface area contributed by atoms with Gasteiger partial charge in [0.15, 0.2) is 4.80 Å². The topological polar surface area (TPSA) is 66.5 Å². The molecule has 2 aromatic heterocycles. The summed E-state index contributed by atoms with van der Waals surface area (Å²) in [5.74, 6) is 0.754. The zero-order valence-corrected chi connectivity index (χ0v) is 16.4. The van der Waals surface area contributed by atoms with Gasteiger partial charge < -0.3 is 14.0 Å². The highest BCUT2D eigenvalue weighted by Crippen LogP contribution is 2.26. The molecular weight excluding hydrogens is 362 g/mol. The molecule has 1 fully saturated rings. The van der Waals surface area contributed by atoms with E-state index in [2.05, 4.69) is 20.1 Å². The maximum atomic E-state index is 5.97. The summed E-state index contributed by atoms with van der Waals surface area (Å²) in [6, 6.07) is 7.77. The van der Waals surface area contributed by atoms with Crippen molar-refractivity contribution in [2.75, 3.05) is 13.7 Å². The first-order valence-corrected chi connectivity index (χ1v) is 9.97. The molecule has 3 aromatic rings. The summed E-state index contributed by atoms with van der Waals surface area (Å²) in [7, 11) is 3.48. The molecule has 1 aliphatic carbocycles. The minimum absolute atomic E-state index is 0.416. The Labute approximate surface area is 161 Å². The predicted molar refractivity (Wildman–Crippen MR) is 104 cm³/mol. The molecule has 27 heavy (non-hydrogen) atoms. The number of hydrogen-bond acceptors (Lipinski definition) is 6. The highest BCUT2D eigenvalue weighted by molar-refractivity contribution is 7.07. The molecule has 7 nitrogen and oxygen atoms in total. The summed E-state index contributed by atoms with van der Waals surface area (Å²) in [5, 5.41) is 10.7. The average molecular weight is 385 g/mol. The normalized spacial score (nSPS) is 15.1. The van der Waals surface area contributed by atoms with Gasteiger partial charge in [-0.15, -0.1) is 11.3 Å². The summed E-state index contributed by atoms with van der Waals surface area (Å²) in [5.41, 5.74) is 2.64. The SMILES string of the molecule is COc1ccccc1N=c1scc(-c2cnn(C)n2)n1CCOC1CCC1. The predicted octanol–water partition coefficient (Wildman–Crippen LogP) is 3.16. The van der Waals surface area contributed by atoms with E-state index in [1.165, 1.54) is 19.3 Å². The van der Waals surface area contributed by atoms with Crippen LogP contribution in [0.1, 0.15) is 19.3 Å². The molecule has 0 unspecified atom stereocenters. The van der Waals surface area contributed by atoms with Gasteiger partial charge in [0.25, 0.3) is 0 Å². The minimum Gasteiger partial charge on any atom is -0.494 e. The third-order valence-corrected chi connectivity index (χ3v) is 5.55. The standard InChI is InChI=1S/C19H23N5O2S/c1-23-20-12-16(22-23)17-13-27-19(21-15-8-3-4-9-18(15)25-2)24(17)10-11-26-14-6-5-7-14/h3-4,8-9,12-14H,5-7,10-11H2,1-2H3. The van der Waals surface area contributed by atoms with Crippen LogP contribution in [0.3, 0.4) is 0 Å². The zero-order valence-electron chi connectivity index (χ0n) is 15.5. The lowest BCUT2D eigenvalue weighted by Crippen LogP contribution is -2.25. The van der Waals surface area contributed by atoms with Crippen LogP contribution in [-0.2, 0) is 18.3 Å². The summed E-state index contributed by atoms with van der Waals surface area (Å²) in [6.07, 6.45) is 5.81. The monoisotopic (exact) mass is 385 g/mol. The lowest BCUT2D eigenvalue weighted by molar-refractivity contribution is -0.00140. The van der Waals surface area contributed by atoms with E-state index in [1.807, 2.05) is 31.3 Å². The Morgan fingerprint density at radius 1 is 1.30 bits per heavy atom. The molecule has 1 aromatic carbocycles. The van der Waals surface area contributed by atoms with Crippen molar-refractivity contribution in [1.82, 2.24) is 19.6 Å². The van der Waals surface area contributed by atoms with Crippen LogP contribution in [0, 0.1) is 0 Å². The Hall–Kier alpha value is -2.45. The molecular formula is C19H23N5O2S. The first kappa shape index (κ1) is 17.9. The fourth-order valence-electron chi connectivity index (χ4n) is 2.98. The van der Waals surface area contributed by atoms with Crippen LogP contribution < -0.4 is 9.54 Å². The van der Waals surface area contributed by atoms with Gasteiger partial charge in [0.2, 0.25) is 0 Å². The molecule has 1 aliphatic rings. The third-order valence-electron chi connectivity index (χ3n) is 4.68. The Balaban J connectivity index is 1.69. The fourth-order valence-corrected chi connectivity index (χ4v) is 3.91. The van der Waals surface area contributed by atoms with Gasteiger partial charge in [0, 0.05) is 19.0 Å². The lowest BCUT2D eigenvalue weighted by atomic mass is 9.96. The molecule has 0 radical (unpaired) electrons. The van der Waals surface area contributed by atoms with E-state index in [0.29, 0.717) is 12.7 Å². The molecule has 4 rings (SSSR count). The minimum atomic E-state index is 0.416. The van der Waals surface area contributed by atoms with Crippen LogP contribution in [-0.4, -0.2) is 39.4 Å². The summed E-state index contributed by atoms with van der Waals surface area (Å²) >= 11 is 1.58. The summed E-state index contributed by atoms with van der Waals surface area (Å²) < 4.78 is 13.6. The number of ether oxygens (including phenoxy) is 2. The Morgan fingerprint density at radius 2 is 2.15 bits per heavy atom. The molecule has 0 bridgehead atoms. The van der Waals surface area contributed by atoms with E-state index in [0.717, 1.165) is 34.2 Å².